The number of carbonyl (C=O) groups is 1. The summed E-state index contributed by atoms with van der Waals surface area (Å²) in [6, 6.07) is 0.892. The summed E-state index contributed by atoms with van der Waals surface area (Å²) in [6.45, 7) is 5.23. The van der Waals surface area contributed by atoms with Crippen LogP contribution in [0.15, 0.2) is 12.3 Å². The number of carbonyl (C=O) groups excluding carboxylic acids is 1. The molecule has 0 bridgehead atoms. The van der Waals surface area contributed by atoms with Crippen molar-refractivity contribution < 1.29 is 18.0 Å². The van der Waals surface area contributed by atoms with Crippen molar-refractivity contribution in [1.29, 1.82) is 0 Å². The van der Waals surface area contributed by atoms with Crippen LogP contribution >= 0.6 is 11.6 Å². The lowest BCUT2D eigenvalue weighted by Crippen LogP contribution is -2.42. The first kappa shape index (κ1) is 19.8. The second-order valence-electron chi connectivity index (χ2n) is 5.93. The van der Waals surface area contributed by atoms with Crippen LogP contribution in [0.3, 0.4) is 0 Å². The van der Waals surface area contributed by atoms with Gasteiger partial charge in [-0.25, -0.2) is 4.98 Å². The van der Waals surface area contributed by atoms with Crippen LogP contribution in [0.2, 0.25) is 5.02 Å². The molecule has 5 nitrogen and oxygen atoms in total. The van der Waals surface area contributed by atoms with Gasteiger partial charge in [0.2, 0.25) is 5.91 Å². The third-order valence-electron chi connectivity index (χ3n) is 4.17. The van der Waals surface area contributed by atoms with E-state index >= 15 is 0 Å². The summed E-state index contributed by atoms with van der Waals surface area (Å²) in [5, 5.41) is 6.00. The Hall–Kier alpha value is -1.54. The minimum atomic E-state index is -4.47. The summed E-state index contributed by atoms with van der Waals surface area (Å²) in [6.07, 6.45) is -2.44. The first-order valence-corrected chi connectivity index (χ1v) is 8.66. The Morgan fingerprint density at radius 3 is 2.60 bits per heavy atom. The number of nitrogens with one attached hydrogen (secondary N) is 2. The van der Waals surface area contributed by atoms with E-state index in [2.05, 4.69) is 15.6 Å². The molecule has 1 aliphatic heterocycles. The quantitative estimate of drug-likeness (QED) is 0.747. The Bertz CT molecular complexity index is 589. The van der Waals surface area contributed by atoms with Crippen LogP contribution in [0, 0.1) is 5.92 Å². The van der Waals surface area contributed by atoms with E-state index < -0.39 is 11.7 Å². The number of aromatic nitrogens is 1. The lowest BCUT2D eigenvalue weighted by atomic mass is 9.96. The zero-order valence-corrected chi connectivity index (χ0v) is 14.8. The monoisotopic (exact) mass is 378 g/mol. The average molecular weight is 379 g/mol. The van der Waals surface area contributed by atoms with Gasteiger partial charge < -0.3 is 15.5 Å². The molecule has 2 heterocycles. The fourth-order valence-electron chi connectivity index (χ4n) is 2.77. The van der Waals surface area contributed by atoms with Gasteiger partial charge in [-0.15, -0.1) is 0 Å². The number of anilines is 1. The summed E-state index contributed by atoms with van der Waals surface area (Å²) >= 11 is 5.98. The maximum Gasteiger partial charge on any atom is 0.417 e. The number of alkyl halides is 3. The fraction of sp³-hybridized carbons (Fsp3) is 0.625. The van der Waals surface area contributed by atoms with Crippen molar-refractivity contribution in [2.24, 2.45) is 5.92 Å². The lowest BCUT2D eigenvalue weighted by molar-refractivity contribution is -0.137. The van der Waals surface area contributed by atoms with Crippen molar-refractivity contribution in [3.8, 4) is 0 Å². The van der Waals surface area contributed by atoms with E-state index in [4.69, 9.17) is 11.6 Å². The molecule has 140 valence electrons. The third kappa shape index (κ3) is 5.47. The molecule has 1 saturated heterocycles. The van der Waals surface area contributed by atoms with Gasteiger partial charge in [0.15, 0.2) is 0 Å². The molecule has 0 radical (unpaired) electrons. The van der Waals surface area contributed by atoms with Crippen LogP contribution in [0.1, 0.15) is 25.3 Å². The number of likely N-dealkylation sites (N-methyl/N-ethyl adjacent to an activating group) is 1. The van der Waals surface area contributed by atoms with E-state index in [0.717, 1.165) is 25.4 Å². The number of piperidine rings is 1. The van der Waals surface area contributed by atoms with Crippen molar-refractivity contribution in [3.63, 3.8) is 0 Å². The van der Waals surface area contributed by atoms with Gasteiger partial charge in [0.1, 0.15) is 5.82 Å². The van der Waals surface area contributed by atoms with Gasteiger partial charge in [0.05, 0.1) is 10.6 Å². The summed E-state index contributed by atoms with van der Waals surface area (Å²) in [5.41, 5.74) is -0.865. The van der Waals surface area contributed by atoms with Crippen LogP contribution in [0.5, 0.6) is 0 Å². The highest BCUT2D eigenvalue weighted by molar-refractivity contribution is 6.33. The molecular weight excluding hydrogens is 357 g/mol. The molecule has 25 heavy (non-hydrogen) atoms. The standard InChI is InChI=1S/C16H22ClF3N4O/c1-2-21-5-6-22-15(25)11-3-7-24(8-4-11)14-13(17)9-12(10-23-14)16(18,19)20/h9-11,21H,2-8H2,1H3,(H,22,25). The summed E-state index contributed by atoms with van der Waals surface area (Å²) < 4.78 is 38.0. The molecule has 0 spiro atoms. The van der Waals surface area contributed by atoms with Crippen molar-refractivity contribution >= 4 is 23.3 Å². The van der Waals surface area contributed by atoms with Crippen LogP contribution < -0.4 is 15.5 Å². The van der Waals surface area contributed by atoms with Gasteiger partial charge in [-0.2, -0.15) is 13.2 Å². The first-order chi connectivity index (χ1) is 11.8. The zero-order valence-electron chi connectivity index (χ0n) is 14.0. The predicted octanol–water partition coefficient (Wildman–Crippen LogP) is 2.70. The molecule has 0 aromatic carbocycles. The molecule has 0 aliphatic carbocycles. The largest absolute Gasteiger partial charge is 0.417 e. The highest BCUT2D eigenvalue weighted by atomic mass is 35.5. The number of pyridine rings is 1. The minimum absolute atomic E-state index is 0.0176. The molecule has 1 aromatic rings. The zero-order chi connectivity index (χ0) is 18.4. The topological polar surface area (TPSA) is 57.3 Å². The van der Waals surface area contributed by atoms with Gasteiger partial charge in [-0.05, 0) is 25.5 Å². The number of rotatable bonds is 6. The minimum Gasteiger partial charge on any atom is -0.355 e. The molecule has 2 N–H and O–H groups in total. The van der Waals surface area contributed by atoms with Gasteiger partial charge in [0.25, 0.3) is 0 Å². The molecule has 0 unspecified atom stereocenters. The Morgan fingerprint density at radius 2 is 2.04 bits per heavy atom. The summed E-state index contributed by atoms with van der Waals surface area (Å²) in [5.74, 6) is 0.260. The maximum atomic E-state index is 12.7. The molecule has 1 fully saturated rings. The second-order valence-corrected chi connectivity index (χ2v) is 6.34. The Kier molecular flexibility index (Phi) is 6.89. The maximum absolute atomic E-state index is 12.7. The molecule has 9 heteroatoms. The van der Waals surface area contributed by atoms with Crippen molar-refractivity contribution in [2.45, 2.75) is 25.9 Å². The Morgan fingerprint density at radius 1 is 1.36 bits per heavy atom. The van der Waals surface area contributed by atoms with Crippen molar-refractivity contribution in [3.05, 3.63) is 22.8 Å². The van der Waals surface area contributed by atoms with E-state index in [1.54, 1.807) is 0 Å². The predicted molar refractivity (Wildman–Crippen MR) is 90.7 cm³/mol. The van der Waals surface area contributed by atoms with E-state index in [1.807, 2.05) is 11.8 Å². The highest BCUT2D eigenvalue weighted by Crippen LogP contribution is 2.34. The molecule has 1 aliphatic rings. The van der Waals surface area contributed by atoms with Gasteiger partial charge in [-0.1, -0.05) is 18.5 Å². The van der Waals surface area contributed by atoms with Crippen molar-refractivity contribution in [2.75, 3.05) is 37.6 Å². The van der Waals surface area contributed by atoms with Crippen molar-refractivity contribution in [1.82, 2.24) is 15.6 Å². The van der Waals surface area contributed by atoms with Gasteiger partial charge >= 0.3 is 6.18 Å². The highest BCUT2D eigenvalue weighted by Gasteiger charge is 2.32. The molecule has 1 amide bonds. The van der Waals surface area contributed by atoms with E-state index in [-0.39, 0.29) is 16.8 Å². The summed E-state index contributed by atoms with van der Waals surface area (Å²) in [7, 11) is 0. The molecular formula is C16H22ClF3N4O. The SMILES string of the molecule is CCNCCNC(=O)C1CCN(c2ncc(C(F)(F)F)cc2Cl)CC1. The van der Waals surface area contributed by atoms with Gasteiger partial charge in [-0.3, -0.25) is 4.79 Å². The third-order valence-corrected chi connectivity index (χ3v) is 4.44. The van der Waals surface area contributed by atoms with Crippen LogP contribution in [0.25, 0.3) is 0 Å². The first-order valence-electron chi connectivity index (χ1n) is 8.29. The lowest BCUT2D eigenvalue weighted by Gasteiger charge is -2.32. The number of nitrogens with zero attached hydrogens (tertiary/aromatic N) is 2. The normalized spacial score (nSPS) is 16.1. The van der Waals surface area contributed by atoms with Crippen LogP contribution in [-0.4, -0.2) is 43.6 Å². The average Bonchev–Trinajstić information content (AvgIpc) is 2.58. The number of hydrogen-bond acceptors (Lipinski definition) is 4. The Balaban J connectivity index is 1.88. The molecule has 1 aromatic heterocycles. The van der Waals surface area contributed by atoms with Crippen LogP contribution in [-0.2, 0) is 11.0 Å². The summed E-state index contributed by atoms with van der Waals surface area (Å²) in [4.78, 5) is 17.8. The molecule has 2 rings (SSSR count). The van der Waals surface area contributed by atoms with E-state index in [1.165, 1.54) is 0 Å². The smallest absolute Gasteiger partial charge is 0.355 e. The second kappa shape index (κ2) is 8.71. The number of halogens is 4. The number of amides is 1. The van der Waals surface area contributed by atoms with Gasteiger partial charge in [0, 0.05) is 38.3 Å². The number of hydrogen-bond donors (Lipinski definition) is 2. The molecule has 0 atom stereocenters. The van der Waals surface area contributed by atoms with E-state index in [9.17, 15) is 18.0 Å². The Labute approximate surface area is 149 Å². The molecule has 0 saturated carbocycles. The van der Waals surface area contributed by atoms with E-state index in [0.29, 0.717) is 38.3 Å². The fourth-order valence-corrected chi connectivity index (χ4v) is 3.05. The van der Waals surface area contributed by atoms with Crippen LogP contribution in [0.4, 0.5) is 19.0 Å².